The van der Waals surface area contributed by atoms with Gasteiger partial charge in [0, 0.05) is 5.56 Å². The quantitative estimate of drug-likeness (QED) is 0.850. The Morgan fingerprint density at radius 1 is 1.32 bits per heavy atom. The average molecular weight is 298 g/mol. The zero-order valence-electron chi connectivity index (χ0n) is 11.4. The highest BCUT2D eigenvalue weighted by Gasteiger charge is 2.26. The lowest BCUT2D eigenvalue weighted by Crippen LogP contribution is -2.28. The monoisotopic (exact) mass is 297 g/mol. The lowest BCUT2D eigenvalue weighted by molar-refractivity contribution is 0.101. The van der Waals surface area contributed by atoms with Gasteiger partial charge in [-0.15, -0.1) is 0 Å². The van der Waals surface area contributed by atoms with Gasteiger partial charge in [-0.2, -0.15) is 0 Å². The van der Waals surface area contributed by atoms with Gasteiger partial charge in [0.25, 0.3) is 0 Å². The molecule has 0 bridgehead atoms. The molecular formula is C15H20ClNOS. The van der Waals surface area contributed by atoms with Crippen LogP contribution in [-0.2, 0) is 0 Å². The first-order chi connectivity index (χ1) is 8.97. The molecule has 2 N–H and O–H groups in total. The third kappa shape index (κ3) is 3.61. The van der Waals surface area contributed by atoms with Crippen LogP contribution in [0.5, 0.6) is 5.75 Å². The predicted octanol–water partition coefficient (Wildman–Crippen LogP) is 4.18. The molecule has 19 heavy (non-hydrogen) atoms. The van der Waals surface area contributed by atoms with Gasteiger partial charge in [-0.25, -0.2) is 0 Å². The van der Waals surface area contributed by atoms with Crippen LogP contribution >= 0.6 is 23.8 Å². The van der Waals surface area contributed by atoms with Crippen LogP contribution in [0.25, 0.3) is 0 Å². The van der Waals surface area contributed by atoms with Crippen molar-refractivity contribution in [3.05, 3.63) is 28.8 Å². The van der Waals surface area contributed by atoms with Crippen molar-refractivity contribution < 1.29 is 4.74 Å². The van der Waals surface area contributed by atoms with E-state index in [1.54, 1.807) is 6.07 Å². The fraction of sp³-hybridized carbons (Fsp3) is 0.533. The Morgan fingerprint density at radius 3 is 2.63 bits per heavy atom. The molecule has 1 saturated carbocycles. The van der Waals surface area contributed by atoms with E-state index in [4.69, 9.17) is 34.3 Å². The Hall–Kier alpha value is -0.800. The van der Waals surface area contributed by atoms with E-state index >= 15 is 0 Å². The molecule has 4 heteroatoms. The van der Waals surface area contributed by atoms with Crippen molar-refractivity contribution in [1.82, 2.24) is 0 Å². The minimum absolute atomic E-state index is 0.263. The van der Waals surface area contributed by atoms with Crippen LogP contribution in [0.3, 0.4) is 0 Å². The van der Waals surface area contributed by atoms with Crippen molar-refractivity contribution in [1.29, 1.82) is 0 Å². The standard InChI is InChI=1S/C15H20ClNOS/c1-9-3-5-12(7-10(9)2)18-14-6-4-11(15(17)19)8-13(14)16/h4,6,8-10,12H,3,5,7H2,1-2H3,(H2,17,19). The van der Waals surface area contributed by atoms with Crippen LogP contribution in [0, 0.1) is 11.8 Å². The summed E-state index contributed by atoms with van der Waals surface area (Å²) < 4.78 is 6.02. The van der Waals surface area contributed by atoms with Crippen molar-refractivity contribution in [3.8, 4) is 5.75 Å². The summed E-state index contributed by atoms with van der Waals surface area (Å²) in [6, 6.07) is 5.49. The first-order valence-corrected chi connectivity index (χ1v) is 7.52. The van der Waals surface area contributed by atoms with Gasteiger partial charge in [-0.1, -0.05) is 37.7 Å². The first-order valence-electron chi connectivity index (χ1n) is 6.73. The molecule has 0 aromatic heterocycles. The number of halogens is 1. The molecule has 2 nitrogen and oxygen atoms in total. The summed E-state index contributed by atoms with van der Waals surface area (Å²) in [5, 5.41) is 0.580. The number of hydrogen-bond donors (Lipinski definition) is 1. The molecular weight excluding hydrogens is 278 g/mol. The summed E-state index contributed by atoms with van der Waals surface area (Å²) in [7, 11) is 0. The van der Waals surface area contributed by atoms with Gasteiger partial charge in [-0.3, -0.25) is 0 Å². The molecule has 0 radical (unpaired) electrons. The summed E-state index contributed by atoms with van der Waals surface area (Å²) in [4.78, 5) is 0.355. The average Bonchev–Trinajstić information content (AvgIpc) is 2.36. The molecule has 0 heterocycles. The Labute approximate surface area is 125 Å². The van der Waals surface area contributed by atoms with E-state index in [9.17, 15) is 0 Å². The van der Waals surface area contributed by atoms with Gasteiger partial charge in [-0.05, 0) is 49.3 Å². The van der Waals surface area contributed by atoms with Crippen molar-refractivity contribution in [2.45, 2.75) is 39.2 Å². The molecule has 0 amide bonds. The lowest BCUT2D eigenvalue weighted by atomic mass is 9.80. The highest BCUT2D eigenvalue weighted by atomic mass is 35.5. The number of thiocarbonyl (C=S) groups is 1. The molecule has 2 rings (SSSR count). The van der Waals surface area contributed by atoms with E-state index in [2.05, 4.69) is 13.8 Å². The lowest BCUT2D eigenvalue weighted by Gasteiger charge is -2.32. The van der Waals surface area contributed by atoms with Crippen LogP contribution in [0.4, 0.5) is 0 Å². The second-order valence-electron chi connectivity index (χ2n) is 5.52. The van der Waals surface area contributed by atoms with E-state index in [-0.39, 0.29) is 6.10 Å². The van der Waals surface area contributed by atoms with Gasteiger partial charge in [0.05, 0.1) is 11.1 Å². The molecule has 3 unspecified atom stereocenters. The number of hydrogen-bond acceptors (Lipinski definition) is 2. The van der Waals surface area contributed by atoms with Gasteiger partial charge in [0.1, 0.15) is 10.7 Å². The second-order valence-corrected chi connectivity index (χ2v) is 6.36. The normalized spacial score (nSPS) is 27.0. The van der Waals surface area contributed by atoms with Crippen LogP contribution in [0.2, 0.25) is 5.02 Å². The van der Waals surface area contributed by atoms with Crippen molar-refractivity contribution >= 4 is 28.8 Å². The molecule has 1 aliphatic rings. The first kappa shape index (κ1) is 14.6. The van der Waals surface area contributed by atoms with E-state index in [1.165, 1.54) is 6.42 Å². The minimum Gasteiger partial charge on any atom is -0.489 e. The van der Waals surface area contributed by atoms with Gasteiger partial charge in [0.15, 0.2) is 0 Å². The van der Waals surface area contributed by atoms with E-state index < -0.39 is 0 Å². The van der Waals surface area contributed by atoms with Gasteiger partial charge >= 0.3 is 0 Å². The molecule has 1 aliphatic carbocycles. The van der Waals surface area contributed by atoms with E-state index in [0.717, 1.165) is 30.1 Å². The summed E-state index contributed by atoms with van der Waals surface area (Å²) in [5.41, 5.74) is 6.36. The second kappa shape index (κ2) is 6.10. The molecule has 0 spiro atoms. The zero-order chi connectivity index (χ0) is 14.0. The highest BCUT2D eigenvalue weighted by molar-refractivity contribution is 7.80. The summed E-state index contributed by atoms with van der Waals surface area (Å²) in [5.74, 6) is 2.22. The van der Waals surface area contributed by atoms with Crippen LogP contribution in [0.1, 0.15) is 38.7 Å². The van der Waals surface area contributed by atoms with E-state index in [0.29, 0.717) is 15.9 Å². The largest absolute Gasteiger partial charge is 0.489 e. The van der Waals surface area contributed by atoms with Gasteiger partial charge in [0.2, 0.25) is 0 Å². The maximum Gasteiger partial charge on any atom is 0.138 e. The Bertz CT molecular complexity index is 477. The Morgan fingerprint density at radius 2 is 2.05 bits per heavy atom. The number of benzene rings is 1. The Kier molecular flexibility index (Phi) is 4.69. The smallest absolute Gasteiger partial charge is 0.138 e. The SMILES string of the molecule is CC1CCC(Oc2ccc(C(N)=S)cc2Cl)CC1C. The van der Waals surface area contributed by atoms with E-state index in [1.807, 2.05) is 12.1 Å². The number of nitrogens with two attached hydrogens (primary N) is 1. The molecule has 104 valence electrons. The topological polar surface area (TPSA) is 35.2 Å². The molecule has 1 aromatic rings. The fourth-order valence-electron chi connectivity index (χ4n) is 2.53. The van der Waals surface area contributed by atoms with Crippen LogP contribution in [0.15, 0.2) is 18.2 Å². The third-order valence-electron chi connectivity index (χ3n) is 4.06. The molecule has 1 fully saturated rings. The van der Waals surface area contributed by atoms with Crippen molar-refractivity contribution in [2.75, 3.05) is 0 Å². The maximum atomic E-state index is 6.22. The predicted molar refractivity (Wildman–Crippen MR) is 83.9 cm³/mol. The molecule has 0 saturated heterocycles. The number of ether oxygens (including phenoxy) is 1. The highest BCUT2D eigenvalue weighted by Crippen LogP contribution is 2.34. The third-order valence-corrected chi connectivity index (χ3v) is 4.59. The number of rotatable bonds is 3. The van der Waals surface area contributed by atoms with Crippen molar-refractivity contribution in [2.24, 2.45) is 17.6 Å². The van der Waals surface area contributed by atoms with Crippen LogP contribution < -0.4 is 10.5 Å². The maximum absolute atomic E-state index is 6.22. The molecule has 1 aromatic carbocycles. The Balaban J connectivity index is 2.05. The molecule has 0 aliphatic heterocycles. The molecule has 3 atom stereocenters. The fourth-order valence-corrected chi connectivity index (χ4v) is 2.89. The summed E-state index contributed by atoms with van der Waals surface area (Å²) in [6.07, 6.45) is 3.67. The zero-order valence-corrected chi connectivity index (χ0v) is 12.9. The van der Waals surface area contributed by atoms with Gasteiger partial charge < -0.3 is 10.5 Å². The van der Waals surface area contributed by atoms with Crippen LogP contribution in [-0.4, -0.2) is 11.1 Å². The minimum atomic E-state index is 0.263. The summed E-state index contributed by atoms with van der Waals surface area (Å²) >= 11 is 11.2. The van der Waals surface area contributed by atoms with Crippen molar-refractivity contribution in [3.63, 3.8) is 0 Å². The summed E-state index contributed by atoms with van der Waals surface area (Å²) in [6.45, 7) is 4.60.